The molecule has 0 aliphatic carbocycles. The number of hydrogen-bond donors (Lipinski definition) is 2. The molecule has 7 nitrogen and oxygen atoms in total. The standard InChI is InChI=1S/C31H37N3O4S2/c1-29(2,3)40-25-22-16-21(38-31(6,7)27(32)35)12-13-23(22)34(24(25)17-30(4,5)28(36)37)18-19-8-10-20(11-9-19)26-33-14-15-39-26/h8-16H,17-18H2,1-7H3,(H2,32,35)(H,36,37). The fraction of sp³-hybridized carbons (Fsp3) is 0.387. The lowest BCUT2D eigenvalue weighted by atomic mass is 9.88. The summed E-state index contributed by atoms with van der Waals surface area (Å²) in [5, 5.41) is 13.9. The van der Waals surface area contributed by atoms with Crippen LogP contribution in [0.4, 0.5) is 0 Å². The summed E-state index contributed by atoms with van der Waals surface area (Å²) < 4.78 is 8.10. The van der Waals surface area contributed by atoms with E-state index in [4.69, 9.17) is 10.5 Å². The number of carboxylic acids is 1. The van der Waals surface area contributed by atoms with E-state index in [0.717, 1.165) is 37.6 Å². The quantitative estimate of drug-likeness (QED) is 0.196. The largest absolute Gasteiger partial charge is 0.481 e. The third kappa shape index (κ3) is 6.53. The fourth-order valence-corrected chi connectivity index (χ4v) is 6.17. The summed E-state index contributed by atoms with van der Waals surface area (Å²) >= 11 is 3.31. The van der Waals surface area contributed by atoms with Crippen molar-refractivity contribution in [1.29, 1.82) is 0 Å². The number of rotatable bonds is 10. The Balaban J connectivity index is 1.89. The van der Waals surface area contributed by atoms with Crippen LogP contribution in [0.5, 0.6) is 5.75 Å². The van der Waals surface area contributed by atoms with E-state index in [2.05, 4.69) is 54.6 Å². The minimum atomic E-state index is -1.18. The first kappa shape index (κ1) is 29.7. The van der Waals surface area contributed by atoms with Crippen LogP contribution < -0.4 is 10.5 Å². The Hall–Kier alpha value is -3.30. The topological polar surface area (TPSA) is 107 Å². The molecule has 0 aliphatic rings. The third-order valence-corrected chi connectivity index (χ3v) is 8.72. The van der Waals surface area contributed by atoms with E-state index in [9.17, 15) is 14.7 Å². The van der Waals surface area contributed by atoms with Gasteiger partial charge in [0.25, 0.3) is 5.91 Å². The van der Waals surface area contributed by atoms with Gasteiger partial charge in [0.05, 0.1) is 5.41 Å². The highest BCUT2D eigenvalue weighted by molar-refractivity contribution is 8.00. The number of thiazole rings is 1. The number of nitrogens with zero attached hydrogens (tertiary/aromatic N) is 2. The number of ether oxygens (including phenoxy) is 1. The van der Waals surface area contributed by atoms with E-state index >= 15 is 0 Å². The minimum Gasteiger partial charge on any atom is -0.481 e. The summed E-state index contributed by atoms with van der Waals surface area (Å²) in [4.78, 5) is 29.6. The molecule has 9 heteroatoms. The molecule has 0 atom stereocenters. The van der Waals surface area contributed by atoms with Gasteiger partial charge in [0.2, 0.25) is 0 Å². The number of nitrogens with two attached hydrogens (primary N) is 1. The molecule has 4 rings (SSSR count). The maximum Gasteiger partial charge on any atom is 0.309 e. The van der Waals surface area contributed by atoms with Crippen molar-refractivity contribution in [3.63, 3.8) is 0 Å². The molecule has 212 valence electrons. The molecule has 3 N–H and O–H groups in total. The maximum absolute atomic E-state index is 12.2. The van der Waals surface area contributed by atoms with Crippen LogP contribution in [0.1, 0.15) is 59.7 Å². The Morgan fingerprint density at radius 1 is 1.05 bits per heavy atom. The van der Waals surface area contributed by atoms with Crippen molar-refractivity contribution in [1.82, 2.24) is 9.55 Å². The van der Waals surface area contributed by atoms with Crippen molar-refractivity contribution in [2.75, 3.05) is 0 Å². The molecule has 0 spiro atoms. The Labute approximate surface area is 243 Å². The molecular weight excluding hydrogens is 542 g/mol. The molecule has 0 aliphatic heterocycles. The van der Waals surface area contributed by atoms with Crippen molar-refractivity contribution in [3.8, 4) is 16.3 Å². The van der Waals surface area contributed by atoms with Crippen LogP contribution in [-0.2, 0) is 22.6 Å². The van der Waals surface area contributed by atoms with E-state index < -0.39 is 22.9 Å². The number of aromatic nitrogens is 2. The Bertz CT molecular complexity index is 1530. The summed E-state index contributed by atoms with van der Waals surface area (Å²) in [6.07, 6.45) is 2.14. The first-order valence-corrected chi connectivity index (χ1v) is 14.8. The molecule has 0 saturated carbocycles. The van der Waals surface area contributed by atoms with Crippen LogP contribution in [0, 0.1) is 5.41 Å². The van der Waals surface area contributed by atoms with Crippen LogP contribution in [0.25, 0.3) is 21.5 Å². The Morgan fingerprint density at radius 3 is 2.27 bits per heavy atom. The number of carbonyl (C=O) groups excluding carboxylic acids is 1. The summed E-state index contributed by atoms with van der Waals surface area (Å²) in [7, 11) is 0. The van der Waals surface area contributed by atoms with E-state index in [1.807, 2.05) is 23.6 Å². The molecule has 40 heavy (non-hydrogen) atoms. The second-order valence-electron chi connectivity index (χ2n) is 12.1. The molecule has 4 aromatic rings. The molecule has 0 unspecified atom stereocenters. The fourth-order valence-electron chi connectivity index (χ4n) is 4.34. The van der Waals surface area contributed by atoms with Gasteiger partial charge >= 0.3 is 5.97 Å². The van der Waals surface area contributed by atoms with E-state index in [1.165, 1.54) is 0 Å². The summed E-state index contributed by atoms with van der Waals surface area (Å²) in [5.41, 5.74) is 7.48. The van der Waals surface area contributed by atoms with Crippen LogP contribution in [0.15, 0.2) is 58.9 Å². The number of carboxylic acid groups (broad SMARTS) is 1. The Morgan fingerprint density at radius 2 is 1.73 bits per heavy atom. The molecule has 1 amide bonds. The second-order valence-corrected chi connectivity index (χ2v) is 14.9. The number of amides is 1. The zero-order valence-corrected chi connectivity index (χ0v) is 25.7. The highest BCUT2D eigenvalue weighted by Crippen LogP contribution is 2.44. The summed E-state index contributed by atoms with van der Waals surface area (Å²) in [5.74, 6) is -0.878. The van der Waals surface area contributed by atoms with Gasteiger partial charge in [-0.15, -0.1) is 23.1 Å². The molecule has 0 radical (unpaired) electrons. The number of hydrogen-bond acceptors (Lipinski definition) is 6. The SMILES string of the molecule is CC(C)(C)Sc1c(CC(C)(C)C(=O)O)n(Cc2ccc(-c3nccs3)cc2)c2ccc(OC(C)(C)C(N)=O)cc12. The molecule has 2 aromatic carbocycles. The first-order valence-electron chi connectivity index (χ1n) is 13.1. The predicted octanol–water partition coefficient (Wildman–Crippen LogP) is 7.00. The zero-order chi connectivity index (χ0) is 29.5. The Kier molecular flexibility index (Phi) is 8.11. The van der Waals surface area contributed by atoms with Crippen molar-refractivity contribution in [3.05, 3.63) is 65.3 Å². The van der Waals surface area contributed by atoms with Crippen molar-refractivity contribution in [2.45, 2.75) is 76.7 Å². The van der Waals surface area contributed by atoms with Crippen molar-refractivity contribution < 1.29 is 19.4 Å². The average Bonchev–Trinajstić information content (AvgIpc) is 3.47. The summed E-state index contributed by atoms with van der Waals surface area (Å²) in [6, 6.07) is 14.1. The molecule has 0 bridgehead atoms. The van der Waals surface area contributed by atoms with E-state index in [-0.39, 0.29) is 4.75 Å². The third-order valence-electron chi connectivity index (χ3n) is 6.63. The smallest absolute Gasteiger partial charge is 0.309 e. The number of primary amides is 1. The number of aliphatic carboxylic acids is 1. The van der Waals surface area contributed by atoms with Crippen LogP contribution >= 0.6 is 23.1 Å². The van der Waals surface area contributed by atoms with Crippen molar-refractivity contribution in [2.24, 2.45) is 11.1 Å². The van der Waals surface area contributed by atoms with Gasteiger partial charge in [0.15, 0.2) is 5.60 Å². The monoisotopic (exact) mass is 579 g/mol. The van der Waals surface area contributed by atoms with Gasteiger partial charge in [-0.2, -0.15) is 0 Å². The van der Waals surface area contributed by atoms with Gasteiger partial charge in [-0.3, -0.25) is 9.59 Å². The molecule has 0 saturated heterocycles. The lowest BCUT2D eigenvalue weighted by Crippen LogP contribution is -2.43. The lowest BCUT2D eigenvalue weighted by molar-refractivity contribution is -0.146. The maximum atomic E-state index is 12.2. The highest BCUT2D eigenvalue weighted by atomic mass is 32.2. The molecular formula is C31H37N3O4S2. The first-order chi connectivity index (χ1) is 18.6. The van der Waals surface area contributed by atoms with Crippen molar-refractivity contribution >= 4 is 45.9 Å². The van der Waals surface area contributed by atoms with Crippen LogP contribution in [0.3, 0.4) is 0 Å². The van der Waals surface area contributed by atoms with Gasteiger partial charge in [0.1, 0.15) is 10.8 Å². The second kappa shape index (κ2) is 10.9. The van der Waals surface area contributed by atoms with Gasteiger partial charge in [-0.1, -0.05) is 45.0 Å². The number of carbonyl (C=O) groups is 2. The average molecular weight is 580 g/mol. The molecule has 2 heterocycles. The zero-order valence-electron chi connectivity index (χ0n) is 24.1. The number of fused-ring (bicyclic) bond motifs is 1. The molecule has 0 fully saturated rings. The minimum absolute atomic E-state index is 0.139. The number of benzene rings is 2. The summed E-state index contributed by atoms with van der Waals surface area (Å²) in [6.45, 7) is 13.8. The van der Waals surface area contributed by atoms with Gasteiger partial charge in [-0.05, 0) is 51.5 Å². The van der Waals surface area contributed by atoms with Gasteiger partial charge in [-0.25, -0.2) is 4.98 Å². The lowest BCUT2D eigenvalue weighted by Gasteiger charge is -2.24. The predicted molar refractivity (Wildman–Crippen MR) is 163 cm³/mol. The number of thioether (sulfide) groups is 1. The van der Waals surface area contributed by atoms with Crippen LogP contribution in [0.2, 0.25) is 0 Å². The van der Waals surface area contributed by atoms with Gasteiger partial charge < -0.3 is 20.1 Å². The van der Waals surface area contributed by atoms with E-state index in [1.54, 1.807) is 57.0 Å². The van der Waals surface area contributed by atoms with Gasteiger partial charge in [0, 0.05) is 56.3 Å². The normalized spacial score (nSPS) is 12.6. The highest BCUT2D eigenvalue weighted by Gasteiger charge is 2.33. The van der Waals surface area contributed by atoms with E-state index in [0.29, 0.717) is 18.7 Å². The van der Waals surface area contributed by atoms with Crippen LogP contribution in [-0.4, -0.2) is 36.9 Å². The molecule has 2 aromatic heterocycles.